The zero-order valence-electron chi connectivity index (χ0n) is 9.33. The lowest BCUT2D eigenvalue weighted by molar-refractivity contribution is 0.744. The van der Waals surface area contributed by atoms with Crippen molar-refractivity contribution in [2.75, 3.05) is 24.5 Å². The lowest BCUT2D eigenvalue weighted by Gasteiger charge is -2.22. The van der Waals surface area contributed by atoms with Crippen LogP contribution in [0.5, 0.6) is 0 Å². The number of pyridine rings is 1. The minimum atomic E-state index is 0.728. The van der Waals surface area contributed by atoms with E-state index < -0.39 is 0 Å². The number of nitrogens with zero attached hydrogens (tertiary/aromatic N) is 2. The molecule has 0 aromatic carbocycles. The third kappa shape index (κ3) is 3.47. The van der Waals surface area contributed by atoms with Gasteiger partial charge >= 0.3 is 0 Å². The molecule has 0 spiro atoms. The summed E-state index contributed by atoms with van der Waals surface area (Å²) in [5.41, 5.74) is 6.72. The number of aryl methyl sites for hydroxylation is 1. The number of rotatable bonds is 5. The van der Waals surface area contributed by atoms with Gasteiger partial charge in [0.05, 0.1) is 0 Å². The Bertz CT molecular complexity index is 315. The molecule has 1 aromatic heterocycles. The van der Waals surface area contributed by atoms with Crippen LogP contribution in [0.15, 0.2) is 16.7 Å². The maximum absolute atomic E-state index is 5.51. The monoisotopic (exact) mass is 271 g/mol. The third-order valence-electron chi connectivity index (χ3n) is 2.37. The van der Waals surface area contributed by atoms with Crippen LogP contribution in [0.2, 0.25) is 0 Å². The Morgan fingerprint density at radius 2 is 2.27 bits per heavy atom. The maximum Gasteiger partial charge on any atom is 0.128 e. The molecule has 2 N–H and O–H groups in total. The lowest BCUT2D eigenvalue weighted by atomic mass is 10.3. The second-order valence-corrected chi connectivity index (χ2v) is 4.37. The molecule has 84 valence electrons. The Morgan fingerprint density at radius 3 is 2.80 bits per heavy atom. The first-order chi connectivity index (χ1) is 7.19. The average molecular weight is 272 g/mol. The predicted octanol–water partition coefficient (Wildman–Crippen LogP) is 2.33. The molecule has 0 saturated carbocycles. The van der Waals surface area contributed by atoms with Crippen molar-refractivity contribution < 1.29 is 0 Å². The Labute approximate surface area is 99.8 Å². The first-order valence-corrected chi connectivity index (χ1v) is 6.05. The molecule has 0 amide bonds. The van der Waals surface area contributed by atoms with Gasteiger partial charge in [0.25, 0.3) is 0 Å². The van der Waals surface area contributed by atoms with E-state index in [-0.39, 0.29) is 0 Å². The summed E-state index contributed by atoms with van der Waals surface area (Å²) < 4.78 is 1.06. The Kier molecular flexibility index (Phi) is 5.05. The summed E-state index contributed by atoms with van der Waals surface area (Å²) in [6, 6.07) is 2.10. The second kappa shape index (κ2) is 6.08. The molecule has 0 unspecified atom stereocenters. The highest BCUT2D eigenvalue weighted by molar-refractivity contribution is 9.10. The normalized spacial score (nSPS) is 10.4. The molecular formula is C11H18BrN3. The van der Waals surface area contributed by atoms with Gasteiger partial charge in [0.15, 0.2) is 0 Å². The van der Waals surface area contributed by atoms with Crippen molar-refractivity contribution in [3.05, 3.63) is 22.3 Å². The van der Waals surface area contributed by atoms with E-state index in [1.54, 1.807) is 0 Å². The van der Waals surface area contributed by atoms with Crippen molar-refractivity contribution in [3.8, 4) is 0 Å². The van der Waals surface area contributed by atoms with Gasteiger partial charge in [-0.25, -0.2) is 4.98 Å². The molecule has 0 fully saturated rings. The Hall–Kier alpha value is -0.610. The number of aromatic nitrogens is 1. The standard InChI is InChI=1S/C11H18BrN3/c1-3-15(6-4-5-13)11-7-9(2)10(12)8-14-11/h7-8H,3-6,13H2,1-2H3. The van der Waals surface area contributed by atoms with Crippen molar-refractivity contribution in [1.29, 1.82) is 0 Å². The quantitative estimate of drug-likeness (QED) is 0.894. The zero-order chi connectivity index (χ0) is 11.3. The molecule has 0 saturated heterocycles. The highest BCUT2D eigenvalue weighted by atomic mass is 79.9. The summed E-state index contributed by atoms with van der Waals surface area (Å²) in [6.45, 7) is 6.88. The van der Waals surface area contributed by atoms with Crippen LogP contribution in [0.3, 0.4) is 0 Å². The van der Waals surface area contributed by atoms with Gasteiger partial charge in [0.2, 0.25) is 0 Å². The van der Waals surface area contributed by atoms with Gasteiger partial charge in [-0.2, -0.15) is 0 Å². The van der Waals surface area contributed by atoms with Gasteiger partial charge in [-0.15, -0.1) is 0 Å². The Balaban J connectivity index is 2.78. The first kappa shape index (κ1) is 12.5. The summed E-state index contributed by atoms with van der Waals surface area (Å²) in [4.78, 5) is 6.64. The number of hydrogen-bond acceptors (Lipinski definition) is 3. The zero-order valence-corrected chi connectivity index (χ0v) is 10.9. The molecule has 0 aliphatic rings. The van der Waals surface area contributed by atoms with Gasteiger partial charge in [0.1, 0.15) is 5.82 Å². The van der Waals surface area contributed by atoms with Crippen molar-refractivity contribution in [2.24, 2.45) is 5.73 Å². The van der Waals surface area contributed by atoms with Crippen LogP contribution < -0.4 is 10.6 Å². The van der Waals surface area contributed by atoms with E-state index >= 15 is 0 Å². The molecule has 0 radical (unpaired) electrons. The van der Waals surface area contributed by atoms with Gasteiger partial charge < -0.3 is 10.6 Å². The predicted molar refractivity (Wildman–Crippen MR) is 68.2 cm³/mol. The van der Waals surface area contributed by atoms with E-state index in [0.717, 1.165) is 36.3 Å². The van der Waals surface area contributed by atoms with Crippen LogP contribution in [0.25, 0.3) is 0 Å². The highest BCUT2D eigenvalue weighted by Gasteiger charge is 2.06. The summed E-state index contributed by atoms with van der Waals surface area (Å²) in [6.07, 6.45) is 2.86. The second-order valence-electron chi connectivity index (χ2n) is 3.51. The van der Waals surface area contributed by atoms with Gasteiger partial charge in [-0.05, 0) is 54.4 Å². The molecule has 1 rings (SSSR count). The molecule has 0 aliphatic carbocycles. The third-order valence-corrected chi connectivity index (χ3v) is 3.20. The molecule has 1 heterocycles. The molecular weight excluding hydrogens is 254 g/mol. The lowest BCUT2D eigenvalue weighted by Crippen LogP contribution is -2.26. The smallest absolute Gasteiger partial charge is 0.128 e. The van der Waals surface area contributed by atoms with E-state index in [9.17, 15) is 0 Å². The van der Waals surface area contributed by atoms with E-state index in [0.29, 0.717) is 0 Å². The SMILES string of the molecule is CCN(CCCN)c1cc(C)c(Br)cn1. The van der Waals surface area contributed by atoms with Crippen LogP contribution >= 0.6 is 15.9 Å². The molecule has 3 nitrogen and oxygen atoms in total. The summed E-state index contributed by atoms with van der Waals surface area (Å²) in [7, 11) is 0. The van der Waals surface area contributed by atoms with Gasteiger partial charge in [-0.3, -0.25) is 0 Å². The van der Waals surface area contributed by atoms with E-state index in [2.05, 4.69) is 45.7 Å². The minimum Gasteiger partial charge on any atom is -0.357 e. The van der Waals surface area contributed by atoms with Crippen LogP contribution in [0.4, 0.5) is 5.82 Å². The minimum absolute atomic E-state index is 0.728. The van der Waals surface area contributed by atoms with Crippen molar-refractivity contribution in [2.45, 2.75) is 20.3 Å². The van der Waals surface area contributed by atoms with Crippen LogP contribution in [0, 0.1) is 6.92 Å². The van der Waals surface area contributed by atoms with E-state index in [4.69, 9.17) is 5.73 Å². The molecule has 4 heteroatoms. The van der Waals surface area contributed by atoms with Gasteiger partial charge in [-0.1, -0.05) is 0 Å². The number of halogens is 1. The van der Waals surface area contributed by atoms with E-state index in [1.165, 1.54) is 5.56 Å². The summed E-state index contributed by atoms with van der Waals surface area (Å²) in [5.74, 6) is 1.03. The average Bonchev–Trinajstić information content (AvgIpc) is 2.24. The molecule has 0 bridgehead atoms. The fourth-order valence-electron chi connectivity index (χ4n) is 1.41. The van der Waals surface area contributed by atoms with Crippen LogP contribution in [0.1, 0.15) is 18.9 Å². The largest absolute Gasteiger partial charge is 0.357 e. The summed E-state index contributed by atoms with van der Waals surface area (Å²) in [5, 5.41) is 0. The van der Waals surface area contributed by atoms with Crippen LogP contribution in [-0.4, -0.2) is 24.6 Å². The molecule has 0 atom stereocenters. The van der Waals surface area contributed by atoms with Crippen LogP contribution in [-0.2, 0) is 0 Å². The Morgan fingerprint density at radius 1 is 1.53 bits per heavy atom. The number of nitrogens with two attached hydrogens (primary N) is 1. The topological polar surface area (TPSA) is 42.1 Å². The van der Waals surface area contributed by atoms with Crippen molar-refractivity contribution in [3.63, 3.8) is 0 Å². The highest BCUT2D eigenvalue weighted by Crippen LogP contribution is 2.19. The first-order valence-electron chi connectivity index (χ1n) is 5.26. The maximum atomic E-state index is 5.51. The summed E-state index contributed by atoms with van der Waals surface area (Å²) >= 11 is 3.45. The fraction of sp³-hybridized carbons (Fsp3) is 0.545. The number of anilines is 1. The molecule has 1 aromatic rings. The fourth-order valence-corrected chi connectivity index (χ4v) is 1.63. The molecule has 15 heavy (non-hydrogen) atoms. The number of hydrogen-bond donors (Lipinski definition) is 1. The molecule has 0 aliphatic heterocycles. The van der Waals surface area contributed by atoms with Crippen molar-refractivity contribution >= 4 is 21.7 Å². The van der Waals surface area contributed by atoms with Crippen molar-refractivity contribution in [1.82, 2.24) is 4.98 Å². The van der Waals surface area contributed by atoms with E-state index in [1.807, 2.05) is 6.20 Å². The van der Waals surface area contributed by atoms with Gasteiger partial charge in [0, 0.05) is 23.8 Å².